The fourth-order valence-corrected chi connectivity index (χ4v) is 6.04. The van der Waals surface area contributed by atoms with Gasteiger partial charge in [-0.05, 0) is 52.0 Å². The van der Waals surface area contributed by atoms with Crippen LogP contribution in [-0.2, 0) is 34.2 Å². The van der Waals surface area contributed by atoms with E-state index in [1.165, 1.54) is 0 Å². The molecule has 0 aliphatic carbocycles. The van der Waals surface area contributed by atoms with Crippen LogP contribution in [0, 0.1) is 20.8 Å². The van der Waals surface area contributed by atoms with E-state index in [9.17, 15) is 15.0 Å². The molecule has 5 N–H and O–H groups in total. The molecule has 0 radical (unpaired) electrons. The van der Waals surface area contributed by atoms with Crippen LogP contribution in [0.15, 0.2) is 45.7 Å². The number of aliphatic hydroxyl groups is 1. The monoisotopic (exact) mass is 1260 g/mol. The molecule has 0 saturated heterocycles. The third-order valence-electron chi connectivity index (χ3n) is 9.26. The van der Waals surface area contributed by atoms with Gasteiger partial charge >= 0.3 is 64.9 Å². The number of ether oxygens (including phenoxy) is 4. The first-order chi connectivity index (χ1) is 29.4. The number of aldehydes is 1. The molecule has 8 heterocycles. The Bertz CT molecular complexity index is 2180. The van der Waals surface area contributed by atoms with E-state index in [2.05, 4.69) is 106 Å². The van der Waals surface area contributed by atoms with Crippen molar-refractivity contribution in [2.75, 3.05) is 39.3 Å². The predicted molar refractivity (Wildman–Crippen MR) is 279 cm³/mol. The van der Waals surface area contributed by atoms with Crippen molar-refractivity contribution in [3.05, 3.63) is 81.2 Å². The molecule has 5 aliphatic heterocycles. The van der Waals surface area contributed by atoms with Gasteiger partial charge in [-0.1, -0.05) is 14.9 Å². The summed E-state index contributed by atoms with van der Waals surface area (Å²) in [5.74, 6) is 3.12. The van der Waals surface area contributed by atoms with Crippen LogP contribution in [-0.4, -0.2) is 99.8 Å². The van der Waals surface area contributed by atoms with E-state index >= 15 is 0 Å². The Balaban J connectivity index is 0.000000295. The first-order valence-electron chi connectivity index (χ1n) is 19.7. The average Bonchev–Trinajstić information content (AvgIpc) is 4.05. The van der Waals surface area contributed by atoms with Crippen LogP contribution in [0.4, 0.5) is 0 Å². The first-order valence-corrected chi connectivity index (χ1v) is 33.3. The molecule has 0 saturated carbocycles. The van der Waals surface area contributed by atoms with Crippen LogP contribution in [0.5, 0.6) is 17.2 Å². The number of pyridine rings is 3. The third-order valence-corrected chi connectivity index (χ3v) is 9.26. The Hall–Kier alpha value is -2.94. The molecule has 0 fully saturated rings. The number of hydrogen-bond acceptors (Lipinski definition) is 16. The van der Waals surface area contributed by atoms with E-state index in [-0.39, 0.29) is 32.1 Å². The van der Waals surface area contributed by atoms with Crippen LogP contribution in [0.2, 0.25) is 0 Å². The molecule has 352 valence electrons. The summed E-state index contributed by atoms with van der Waals surface area (Å²) in [4.78, 5) is 35.7. The minimum absolute atomic E-state index is 0. The van der Waals surface area contributed by atoms with Crippen molar-refractivity contribution in [2.24, 2.45) is 15.0 Å². The second-order valence-corrected chi connectivity index (χ2v) is 50.2. The van der Waals surface area contributed by atoms with Gasteiger partial charge in [-0.15, -0.1) is 0 Å². The Kier molecular flexibility index (Phi) is 24.7. The maximum absolute atomic E-state index is 10.8. The second kappa shape index (κ2) is 27.6. The van der Waals surface area contributed by atoms with Crippen molar-refractivity contribution in [1.82, 2.24) is 30.9 Å². The molecule has 20 heteroatoms. The average molecular weight is 1260 g/mol. The number of carbonyl (C=O) groups excluding carboxylic acids is 1. The molecule has 16 nitrogen and oxygen atoms in total. The molecular weight excluding hydrogens is 1200 g/mol. The summed E-state index contributed by atoms with van der Waals surface area (Å²) in [5, 5.41) is 28.4. The number of carbonyl (C=O) groups is 1. The first kappa shape index (κ1) is 57.2. The summed E-state index contributed by atoms with van der Waals surface area (Å²) >= 11 is 7.39. The van der Waals surface area contributed by atoms with Crippen LogP contribution >= 0.6 is 59.9 Å². The number of aliphatic imine (C=N–C) groups is 3. The van der Waals surface area contributed by atoms with Gasteiger partial charge in [-0.3, -0.25) is 34.7 Å². The standard InChI is InChI=1S/C15H19N3O2.C12H15N3O2.C11H13NO3.C4H8N2.2CH4.3HI.V/c1-10-14-12(9-19-15(2,3)20-14)11(8-18-10)4-5-13-16-6-7-17-13;1-8-12(17)10(7-16)9(6-15-8)2-3-11-13-4-5-14-11;1-7-10-9(8(5-13)4-12-7)6-14-11(2,3)15-10;1-4-5-2-3-6-4;;;;;;/h4-5,8H,6-7,9H2,1-3H3,(H,16,17);2-3,6,16-17H,4-5,7H2,1H3,(H,13,14);4-5H,6H2,1-3H3;2-3H2,1H3,(H,5,6);2*1H4;3*1H;/q;;;;;;;;;+3/p-3/b5-4+;3-2+;;;;;;;;. The van der Waals surface area contributed by atoms with Gasteiger partial charge in [0.2, 0.25) is 11.6 Å². The maximum atomic E-state index is 10.8. The number of aromatic nitrogens is 3. The molecule has 0 spiro atoms. The van der Waals surface area contributed by atoms with Gasteiger partial charge in [0, 0.05) is 99.3 Å². The van der Waals surface area contributed by atoms with Crippen LogP contribution in [0.25, 0.3) is 12.2 Å². The van der Waals surface area contributed by atoms with Crippen molar-refractivity contribution in [2.45, 2.75) is 102 Å². The van der Waals surface area contributed by atoms with Crippen molar-refractivity contribution in [3.8, 4) is 17.2 Å². The number of amidine groups is 3. The SMILES string of the molecule is C.C.CC1=NCCN1.Cc1ncc(/C=C/C2=NCCN2)c(CO)c1O.Cc1ncc(/C=C/C2=NCCN2)c2c1OC(C)(C)OC2.Cc1ncc(C=O)c2c1OC(C)(C)OC2.[I][V]([I])[I]. The number of nitrogens with zero attached hydrogens (tertiary/aromatic N) is 6. The Morgan fingerprint density at radius 2 is 1.09 bits per heavy atom. The van der Waals surface area contributed by atoms with E-state index in [0.717, 1.165) is 96.9 Å². The van der Waals surface area contributed by atoms with Crippen molar-refractivity contribution in [1.29, 1.82) is 0 Å². The van der Waals surface area contributed by atoms with Gasteiger partial charge in [-0.25, -0.2) is 0 Å². The number of hydrogen-bond donors (Lipinski definition) is 5. The molecule has 64 heavy (non-hydrogen) atoms. The van der Waals surface area contributed by atoms with E-state index in [1.54, 1.807) is 25.4 Å². The molecule has 0 aromatic carbocycles. The Morgan fingerprint density at radius 3 is 1.50 bits per heavy atom. The summed E-state index contributed by atoms with van der Waals surface area (Å²) in [6.45, 7) is 21.1. The van der Waals surface area contributed by atoms with Gasteiger partial charge in [0.1, 0.15) is 23.2 Å². The van der Waals surface area contributed by atoms with Gasteiger partial charge in [0.25, 0.3) is 0 Å². The predicted octanol–water partition coefficient (Wildman–Crippen LogP) is 8.44. The molecule has 3 aromatic heterocycles. The van der Waals surface area contributed by atoms with E-state index < -0.39 is 11.6 Å². The summed E-state index contributed by atoms with van der Waals surface area (Å²) in [5.41, 5.74) is 6.77. The zero-order valence-corrected chi connectivity index (χ0v) is 44.1. The van der Waals surface area contributed by atoms with Crippen molar-refractivity contribution >= 4 is 95.9 Å². The summed E-state index contributed by atoms with van der Waals surface area (Å²) in [6, 6.07) is 0. The summed E-state index contributed by atoms with van der Waals surface area (Å²) in [7, 11) is 0. The normalized spacial score (nSPS) is 16.9. The van der Waals surface area contributed by atoms with Crippen LogP contribution < -0.4 is 25.4 Å². The van der Waals surface area contributed by atoms with Gasteiger partial charge < -0.3 is 45.1 Å². The summed E-state index contributed by atoms with van der Waals surface area (Å²) < 4.78 is 22.8. The molecule has 0 amide bonds. The number of aromatic hydroxyl groups is 1. The third kappa shape index (κ3) is 18.0. The number of aryl methyl sites for hydroxylation is 3. The molecule has 0 atom stereocenters. The number of halogens is 3. The van der Waals surface area contributed by atoms with Crippen LogP contribution in [0.3, 0.4) is 0 Å². The number of rotatable bonds is 6. The molecule has 8 rings (SSSR count). The fourth-order valence-electron chi connectivity index (χ4n) is 6.04. The quantitative estimate of drug-likeness (QED) is 0.116. The van der Waals surface area contributed by atoms with E-state index in [0.29, 0.717) is 41.3 Å². The number of aliphatic hydroxyl groups excluding tert-OH is 1. The molecule has 5 aliphatic rings. The fraction of sp³-hybridized carbons (Fsp3) is 0.477. The van der Waals surface area contributed by atoms with E-state index in [1.807, 2.05) is 72.9 Å². The van der Waals surface area contributed by atoms with Crippen molar-refractivity contribution < 1.29 is 38.9 Å². The molecular formula is C44H63I3N9O7V. The van der Waals surface area contributed by atoms with Gasteiger partial charge in [0.15, 0.2) is 12.0 Å². The Morgan fingerprint density at radius 1 is 0.672 bits per heavy atom. The molecule has 3 aromatic rings. The zero-order chi connectivity index (χ0) is 45.5. The molecule has 0 unspecified atom stereocenters. The second-order valence-electron chi connectivity index (χ2n) is 14.8. The minimum atomic E-state index is -0.652. The molecule has 0 bridgehead atoms. The van der Waals surface area contributed by atoms with Gasteiger partial charge in [0.05, 0.1) is 62.4 Å². The van der Waals surface area contributed by atoms with Crippen molar-refractivity contribution in [3.63, 3.8) is 0 Å². The van der Waals surface area contributed by atoms with Crippen LogP contribution in [0.1, 0.15) is 105 Å². The topological polar surface area (TPSA) is 206 Å². The van der Waals surface area contributed by atoms with E-state index in [4.69, 9.17) is 18.9 Å². The number of nitrogens with one attached hydrogen (secondary N) is 3. The Labute approximate surface area is 416 Å². The summed E-state index contributed by atoms with van der Waals surface area (Å²) in [6.07, 6.45) is 13.4. The van der Waals surface area contributed by atoms with Gasteiger partial charge in [-0.2, -0.15) is 0 Å². The zero-order valence-electron chi connectivity index (χ0n) is 36.2. The number of fused-ring (bicyclic) bond motifs is 2.